The van der Waals surface area contributed by atoms with Crippen molar-refractivity contribution in [3.8, 4) is 0 Å². The Hall–Kier alpha value is -1.82. The van der Waals surface area contributed by atoms with Gasteiger partial charge in [0.05, 0.1) is 47.6 Å². The lowest BCUT2D eigenvalue weighted by molar-refractivity contribution is -0.892. The van der Waals surface area contributed by atoms with E-state index in [9.17, 15) is 9.18 Å². The number of nitrogens with zero attached hydrogens (tertiary/aromatic N) is 1. The average molecular weight is 383 g/mol. The Labute approximate surface area is 156 Å². The predicted molar refractivity (Wildman–Crippen MR) is 99.3 cm³/mol. The van der Waals surface area contributed by atoms with Gasteiger partial charge >= 0.3 is 0 Å². The first-order valence-corrected chi connectivity index (χ1v) is 8.87. The molecule has 1 amide bonds. The van der Waals surface area contributed by atoms with Crippen LogP contribution in [0, 0.1) is 5.82 Å². The van der Waals surface area contributed by atoms with Crippen molar-refractivity contribution < 1.29 is 14.1 Å². The lowest BCUT2D eigenvalue weighted by atomic mass is 10.2. The number of rotatable bonds is 4. The third kappa shape index (κ3) is 4.42. The first kappa shape index (κ1) is 18.0. The van der Waals surface area contributed by atoms with Gasteiger partial charge in [-0.2, -0.15) is 0 Å². The van der Waals surface area contributed by atoms with Crippen molar-refractivity contribution in [2.75, 3.05) is 42.9 Å². The normalized spacial score (nSPS) is 15.2. The van der Waals surface area contributed by atoms with E-state index >= 15 is 0 Å². The summed E-state index contributed by atoms with van der Waals surface area (Å²) in [6, 6.07) is 11.9. The number of nitrogens with one attached hydrogen (secondary N) is 2. The van der Waals surface area contributed by atoms with E-state index in [2.05, 4.69) is 5.32 Å². The number of carbonyl (C=O) groups is 1. The average Bonchev–Trinajstić information content (AvgIpc) is 2.60. The zero-order valence-electron chi connectivity index (χ0n) is 13.6. The van der Waals surface area contributed by atoms with Crippen LogP contribution < -0.4 is 15.1 Å². The molecule has 0 spiro atoms. The van der Waals surface area contributed by atoms with Gasteiger partial charge in [0.1, 0.15) is 5.82 Å². The number of quaternary nitrogens is 1. The second kappa shape index (κ2) is 8.04. The van der Waals surface area contributed by atoms with Crippen molar-refractivity contribution >= 4 is 40.5 Å². The number of piperazine rings is 1. The fourth-order valence-electron chi connectivity index (χ4n) is 2.97. The number of halogens is 3. The Bertz CT molecular complexity index is 764. The van der Waals surface area contributed by atoms with Gasteiger partial charge in [-0.25, -0.2) is 4.39 Å². The van der Waals surface area contributed by atoms with Crippen LogP contribution in [0.5, 0.6) is 0 Å². The Kier molecular flexibility index (Phi) is 5.78. The fourth-order valence-corrected chi connectivity index (χ4v) is 3.32. The molecule has 7 heteroatoms. The molecule has 0 unspecified atom stereocenters. The van der Waals surface area contributed by atoms with Crippen LogP contribution in [0.15, 0.2) is 42.5 Å². The second-order valence-electron chi connectivity index (χ2n) is 6.01. The molecule has 1 saturated heterocycles. The Morgan fingerprint density at radius 1 is 1.12 bits per heavy atom. The van der Waals surface area contributed by atoms with Crippen molar-refractivity contribution in [2.24, 2.45) is 0 Å². The number of amides is 1. The van der Waals surface area contributed by atoms with E-state index in [0.717, 1.165) is 18.0 Å². The van der Waals surface area contributed by atoms with E-state index in [-0.39, 0.29) is 11.7 Å². The number of hydrogen-bond acceptors (Lipinski definition) is 2. The zero-order chi connectivity index (χ0) is 17.8. The van der Waals surface area contributed by atoms with Crippen LogP contribution in [-0.2, 0) is 4.79 Å². The SMILES string of the molecule is O=C(C[NH+]1CCN(c2ccccc2F)CC1)Nc1cccc(Cl)c1Cl. The minimum atomic E-state index is -0.209. The summed E-state index contributed by atoms with van der Waals surface area (Å²) in [4.78, 5) is 15.4. The maximum absolute atomic E-state index is 13.9. The van der Waals surface area contributed by atoms with Crippen LogP contribution in [0.4, 0.5) is 15.8 Å². The largest absolute Gasteiger partial charge is 0.358 e. The van der Waals surface area contributed by atoms with Crippen molar-refractivity contribution in [1.29, 1.82) is 0 Å². The first-order valence-electron chi connectivity index (χ1n) is 8.11. The van der Waals surface area contributed by atoms with E-state index < -0.39 is 0 Å². The molecule has 1 fully saturated rings. The Morgan fingerprint density at radius 2 is 1.84 bits per heavy atom. The molecule has 2 aromatic rings. The maximum Gasteiger partial charge on any atom is 0.279 e. The van der Waals surface area contributed by atoms with Crippen molar-refractivity contribution in [3.05, 3.63) is 58.3 Å². The molecule has 0 aromatic heterocycles. The van der Waals surface area contributed by atoms with Gasteiger partial charge in [-0.15, -0.1) is 0 Å². The molecule has 3 rings (SSSR count). The van der Waals surface area contributed by atoms with Crippen molar-refractivity contribution in [3.63, 3.8) is 0 Å². The van der Waals surface area contributed by atoms with Gasteiger partial charge < -0.3 is 15.1 Å². The molecular formula is C18H19Cl2FN3O+. The molecule has 0 radical (unpaired) electrons. The van der Waals surface area contributed by atoms with Crippen LogP contribution in [0.3, 0.4) is 0 Å². The van der Waals surface area contributed by atoms with Gasteiger partial charge in [0.25, 0.3) is 5.91 Å². The molecule has 25 heavy (non-hydrogen) atoms. The highest BCUT2D eigenvalue weighted by Crippen LogP contribution is 2.29. The number of benzene rings is 2. The third-order valence-corrected chi connectivity index (χ3v) is 5.12. The van der Waals surface area contributed by atoms with E-state index in [1.165, 1.54) is 6.07 Å². The van der Waals surface area contributed by atoms with Crippen LogP contribution in [0.25, 0.3) is 0 Å². The van der Waals surface area contributed by atoms with E-state index in [0.29, 0.717) is 41.1 Å². The highest BCUT2D eigenvalue weighted by Gasteiger charge is 2.24. The predicted octanol–water partition coefficient (Wildman–Crippen LogP) is 2.48. The molecule has 0 aliphatic carbocycles. The van der Waals surface area contributed by atoms with Gasteiger partial charge in [-0.1, -0.05) is 41.4 Å². The number of hydrogen-bond donors (Lipinski definition) is 2. The zero-order valence-corrected chi connectivity index (χ0v) is 15.1. The Balaban J connectivity index is 1.53. The van der Waals surface area contributed by atoms with Gasteiger partial charge in [0.2, 0.25) is 0 Å². The molecule has 0 atom stereocenters. The molecule has 1 aliphatic heterocycles. The lowest BCUT2D eigenvalue weighted by Crippen LogP contribution is -3.15. The quantitative estimate of drug-likeness (QED) is 0.851. The first-order chi connectivity index (χ1) is 12.0. The summed E-state index contributed by atoms with van der Waals surface area (Å²) in [6.45, 7) is 3.30. The summed E-state index contributed by atoms with van der Waals surface area (Å²) in [5.41, 5.74) is 1.14. The van der Waals surface area contributed by atoms with Crippen molar-refractivity contribution in [2.45, 2.75) is 0 Å². The van der Waals surface area contributed by atoms with Crippen LogP contribution in [0.1, 0.15) is 0 Å². The molecule has 2 N–H and O–H groups in total. The van der Waals surface area contributed by atoms with Gasteiger partial charge in [0.15, 0.2) is 6.54 Å². The minimum Gasteiger partial charge on any atom is -0.358 e. The number of anilines is 2. The lowest BCUT2D eigenvalue weighted by Gasteiger charge is -2.33. The van der Waals surface area contributed by atoms with Gasteiger partial charge in [-0.3, -0.25) is 4.79 Å². The monoisotopic (exact) mass is 382 g/mol. The summed E-state index contributed by atoms with van der Waals surface area (Å²) in [7, 11) is 0. The number of para-hydroxylation sites is 1. The van der Waals surface area contributed by atoms with E-state index in [4.69, 9.17) is 23.2 Å². The molecule has 4 nitrogen and oxygen atoms in total. The molecule has 0 bridgehead atoms. The molecule has 0 saturated carbocycles. The molecular weight excluding hydrogens is 364 g/mol. The fraction of sp³-hybridized carbons (Fsp3) is 0.278. The topological polar surface area (TPSA) is 36.8 Å². The summed E-state index contributed by atoms with van der Waals surface area (Å²) in [5, 5.41) is 3.55. The molecule has 2 aromatic carbocycles. The van der Waals surface area contributed by atoms with Gasteiger partial charge in [0, 0.05) is 0 Å². The summed E-state index contributed by atoms with van der Waals surface area (Å²) < 4.78 is 13.9. The summed E-state index contributed by atoms with van der Waals surface area (Å²) in [6.07, 6.45) is 0. The standard InChI is InChI=1S/C18H18Cl2FN3O/c19-13-4-3-6-15(18(13)20)22-17(25)12-23-8-10-24(11-9-23)16-7-2-1-5-14(16)21/h1-7H,8-12H2,(H,22,25)/p+1. The van der Waals surface area contributed by atoms with E-state index in [1.54, 1.807) is 30.3 Å². The smallest absolute Gasteiger partial charge is 0.279 e. The minimum absolute atomic E-state index is 0.112. The maximum atomic E-state index is 13.9. The summed E-state index contributed by atoms with van der Waals surface area (Å²) in [5.74, 6) is -0.321. The highest BCUT2D eigenvalue weighted by atomic mass is 35.5. The van der Waals surface area contributed by atoms with E-state index in [1.807, 2.05) is 11.0 Å². The summed E-state index contributed by atoms with van der Waals surface area (Å²) >= 11 is 12.0. The third-order valence-electron chi connectivity index (χ3n) is 4.30. The van der Waals surface area contributed by atoms with Crippen LogP contribution >= 0.6 is 23.2 Å². The van der Waals surface area contributed by atoms with Gasteiger partial charge in [-0.05, 0) is 24.3 Å². The molecule has 1 aliphatic rings. The highest BCUT2D eigenvalue weighted by molar-refractivity contribution is 6.43. The van der Waals surface area contributed by atoms with Crippen molar-refractivity contribution in [1.82, 2.24) is 0 Å². The molecule has 1 heterocycles. The Morgan fingerprint density at radius 3 is 2.56 bits per heavy atom. The van der Waals surface area contributed by atoms with Crippen LogP contribution in [0.2, 0.25) is 10.0 Å². The van der Waals surface area contributed by atoms with Crippen LogP contribution in [-0.4, -0.2) is 38.6 Å². The number of carbonyl (C=O) groups excluding carboxylic acids is 1. The second-order valence-corrected chi connectivity index (χ2v) is 6.80. The molecule has 132 valence electrons.